The second-order valence-corrected chi connectivity index (χ2v) is 6.35. The van der Waals surface area contributed by atoms with Crippen LogP contribution in [0.2, 0.25) is 0 Å². The highest BCUT2D eigenvalue weighted by Gasteiger charge is 2.27. The van der Waals surface area contributed by atoms with Crippen LogP contribution in [0, 0.1) is 17.8 Å². The summed E-state index contributed by atoms with van der Waals surface area (Å²) in [6.45, 7) is 13.3. The molecule has 1 saturated heterocycles. The average Bonchev–Trinajstić information content (AvgIpc) is 2.27. The third-order valence-corrected chi connectivity index (χ3v) is 4.16. The fraction of sp³-hybridized carbons (Fsp3) is 1.00. The molecule has 1 aliphatic rings. The average molecular weight is 240 g/mol. The maximum absolute atomic E-state index is 3.48. The molecule has 0 radical (unpaired) electrons. The predicted molar refractivity (Wildman–Crippen MR) is 76.3 cm³/mol. The van der Waals surface area contributed by atoms with Crippen molar-refractivity contribution < 1.29 is 0 Å². The molecule has 3 unspecified atom stereocenters. The summed E-state index contributed by atoms with van der Waals surface area (Å²) in [6, 6.07) is 0.747. The van der Waals surface area contributed by atoms with E-state index in [0.29, 0.717) is 0 Å². The van der Waals surface area contributed by atoms with Gasteiger partial charge in [-0.05, 0) is 44.2 Å². The zero-order valence-electron chi connectivity index (χ0n) is 12.5. The molecule has 0 spiro atoms. The van der Waals surface area contributed by atoms with Crippen LogP contribution in [0.15, 0.2) is 0 Å². The van der Waals surface area contributed by atoms with Crippen molar-refractivity contribution in [2.45, 2.75) is 53.0 Å². The Kier molecular flexibility index (Phi) is 6.50. The van der Waals surface area contributed by atoms with Gasteiger partial charge in [-0.25, -0.2) is 0 Å². The summed E-state index contributed by atoms with van der Waals surface area (Å²) in [5, 5.41) is 3.48. The van der Waals surface area contributed by atoms with Gasteiger partial charge in [0.2, 0.25) is 0 Å². The van der Waals surface area contributed by atoms with E-state index in [0.717, 1.165) is 23.8 Å². The highest BCUT2D eigenvalue weighted by Crippen LogP contribution is 2.22. The maximum atomic E-state index is 3.48. The number of hydrogen-bond donors (Lipinski definition) is 1. The van der Waals surface area contributed by atoms with Crippen molar-refractivity contribution in [1.29, 1.82) is 0 Å². The molecule has 102 valence electrons. The first-order valence-corrected chi connectivity index (χ1v) is 7.46. The molecule has 0 aromatic carbocycles. The molecule has 0 aromatic heterocycles. The number of hydrogen-bond acceptors (Lipinski definition) is 2. The SMILES string of the molecule is CCC1CN(CC(C)CC(C)C)CCC1NC. The lowest BCUT2D eigenvalue weighted by molar-refractivity contribution is 0.120. The Morgan fingerprint density at radius 1 is 1.29 bits per heavy atom. The topological polar surface area (TPSA) is 15.3 Å². The molecule has 2 heteroatoms. The van der Waals surface area contributed by atoms with E-state index in [9.17, 15) is 0 Å². The van der Waals surface area contributed by atoms with Gasteiger partial charge in [0.15, 0.2) is 0 Å². The first kappa shape index (κ1) is 15.0. The Morgan fingerprint density at radius 2 is 2.00 bits per heavy atom. The second-order valence-electron chi connectivity index (χ2n) is 6.35. The van der Waals surface area contributed by atoms with E-state index in [1.807, 2.05) is 0 Å². The van der Waals surface area contributed by atoms with E-state index in [1.54, 1.807) is 0 Å². The fourth-order valence-electron chi connectivity index (χ4n) is 3.39. The summed E-state index contributed by atoms with van der Waals surface area (Å²) >= 11 is 0. The van der Waals surface area contributed by atoms with Crippen LogP contribution in [0.3, 0.4) is 0 Å². The van der Waals surface area contributed by atoms with Crippen LogP contribution in [0.25, 0.3) is 0 Å². The van der Waals surface area contributed by atoms with Gasteiger partial charge in [-0.2, -0.15) is 0 Å². The molecule has 0 amide bonds. The number of rotatable bonds is 6. The van der Waals surface area contributed by atoms with Gasteiger partial charge in [0.05, 0.1) is 0 Å². The van der Waals surface area contributed by atoms with Crippen LogP contribution >= 0.6 is 0 Å². The monoisotopic (exact) mass is 240 g/mol. The molecule has 3 atom stereocenters. The Balaban J connectivity index is 2.36. The van der Waals surface area contributed by atoms with Crippen molar-refractivity contribution in [3.8, 4) is 0 Å². The third-order valence-electron chi connectivity index (χ3n) is 4.16. The van der Waals surface area contributed by atoms with Gasteiger partial charge < -0.3 is 10.2 Å². The quantitative estimate of drug-likeness (QED) is 0.768. The van der Waals surface area contributed by atoms with Gasteiger partial charge >= 0.3 is 0 Å². The second kappa shape index (κ2) is 7.38. The van der Waals surface area contributed by atoms with E-state index < -0.39 is 0 Å². The van der Waals surface area contributed by atoms with E-state index >= 15 is 0 Å². The molecule has 17 heavy (non-hydrogen) atoms. The van der Waals surface area contributed by atoms with Crippen LogP contribution in [0.1, 0.15) is 47.0 Å². The number of likely N-dealkylation sites (tertiary alicyclic amines) is 1. The maximum Gasteiger partial charge on any atom is 0.0117 e. The van der Waals surface area contributed by atoms with Crippen molar-refractivity contribution in [3.63, 3.8) is 0 Å². The molecule has 0 aliphatic carbocycles. The molecule has 1 heterocycles. The molecule has 1 fully saturated rings. The van der Waals surface area contributed by atoms with E-state index in [1.165, 1.54) is 38.9 Å². The normalized spacial score (nSPS) is 28.6. The number of nitrogens with zero attached hydrogens (tertiary/aromatic N) is 1. The molecule has 1 aliphatic heterocycles. The Morgan fingerprint density at radius 3 is 2.53 bits per heavy atom. The molecule has 1 N–H and O–H groups in total. The Bertz CT molecular complexity index is 203. The summed E-state index contributed by atoms with van der Waals surface area (Å²) in [5.41, 5.74) is 0. The first-order valence-electron chi connectivity index (χ1n) is 7.46. The van der Waals surface area contributed by atoms with E-state index in [-0.39, 0.29) is 0 Å². The number of nitrogens with one attached hydrogen (secondary N) is 1. The van der Waals surface area contributed by atoms with Gasteiger partial charge in [0.25, 0.3) is 0 Å². The summed E-state index contributed by atoms with van der Waals surface area (Å²) < 4.78 is 0. The molecular weight excluding hydrogens is 208 g/mol. The van der Waals surface area contributed by atoms with Crippen molar-refractivity contribution in [2.75, 3.05) is 26.7 Å². The molecule has 1 rings (SSSR count). The summed E-state index contributed by atoms with van der Waals surface area (Å²) in [5.74, 6) is 2.53. The highest BCUT2D eigenvalue weighted by molar-refractivity contribution is 4.84. The van der Waals surface area contributed by atoms with Crippen molar-refractivity contribution in [3.05, 3.63) is 0 Å². The van der Waals surface area contributed by atoms with Crippen LogP contribution in [-0.4, -0.2) is 37.6 Å². The minimum absolute atomic E-state index is 0.747. The van der Waals surface area contributed by atoms with Crippen LogP contribution < -0.4 is 5.32 Å². The molecular formula is C15H32N2. The largest absolute Gasteiger partial charge is 0.317 e. The van der Waals surface area contributed by atoms with Gasteiger partial charge in [0, 0.05) is 19.1 Å². The van der Waals surface area contributed by atoms with Crippen LogP contribution in [0.5, 0.6) is 0 Å². The standard InChI is InChI=1S/C15H32N2/c1-6-14-11-17(8-7-15(14)16-5)10-13(4)9-12(2)3/h12-16H,6-11H2,1-5H3. The summed E-state index contributed by atoms with van der Waals surface area (Å²) in [6.07, 6.45) is 3.99. The third kappa shape index (κ3) is 4.97. The summed E-state index contributed by atoms with van der Waals surface area (Å²) in [7, 11) is 2.12. The molecule has 0 bridgehead atoms. The smallest absolute Gasteiger partial charge is 0.0117 e. The highest BCUT2D eigenvalue weighted by atomic mass is 15.1. The van der Waals surface area contributed by atoms with Crippen molar-refractivity contribution >= 4 is 0 Å². The van der Waals surface area contributed by atoms with Crippen molar-refractivity contribution in [1.82, 2.24) is 10.2 Å². The summed E-state index contributed by atoms with van der Waals surface area (Å²) in [4.78, 5) is 2.69. The van der Waals surface area contributed by atoms with Gasteiger partial charge in [0.1, 0.15) is 0 Å². The van der Waals surface area contributed by atoms with Crippen LogP contribution in [-0.2, 0) is 0 Å². The Hall–Kier alpha value is -0.0800. The van der Waals surface area contributed by atoms with Crippen LogP contribution in [0.4, 0.5) is 0 Å². The fourth-order valence-corrected chi connectivity index (χ4v) is 3.39. The molecule has 0 saturated carbocycles. The lowest BCUT2D eigenvalue weighted by atomic mass is 9.89. The van der Waals surface area contributed by atoms with E-state index in [4.69, 9.17) is 0 Å². The van der Waals surface area contributed by atoms with Gasteiger partial charge in [-0.3, -0.25) is 0 Å². The zero-order chi connectivity index (χ0) is 12.8. The zero-order valence-corrected chi connectivity index (χ0v) is 12.5. The van der Waals surface area contributed by atoms with Gasteiger partial charge in [-0.1, -0.05) is 34.1 Å². The lowest BCUT2D eigenvalue weighted by Crippen LogP contribution is -2.49. The molecule has 0 aromatic rings. The lowest BCUT2D eigenvalue weighted by Gasteiger charge is -2.39. The van der Waals surface area contributed by atoms with Gasteiger partial charge in [-0.15, -0.1) is 0 Å². The Labute approximate surface area is 108 Å². The minimum Gasteiger partial charge on any atom is -0.317 e. The first-order chi connectivity index (χ1) is 8.06. The van der Waals surface area contributed by atoms with Crippen molar-refractivity contribution in [2.24, 2.45) is 17.8 Å². The molecule has 2 nitrogen and oxygen atoms in total. The minimum atomic E-state index is 0.747. The van der Waals surface area contributed by atoms with E-state index in [2.05, 4.69) is 45.0 Å². The number of piperidine rings is 1. The predicted octanol–water partition coefficient (Wildman–Crippen LogP) is 2.99.